The molecule has 0 aliphatic carbocycles. The van der Waals surface area contributed by atoms with E-state index in [0.29, 0.717) is 4.99 Å². The van der Waals surface area contributed by atoms with Gasteiger partial charge in [0.25, 0.3) is 0 Å². The summed E-state index contributed by atoms with van der Waals surface area (Å²) < 4.78 is 1.83. The van der Waals surface area contributed by atoms with Crippen molar-refractivity contribution in [2.75, 3.05) is 6.54 Å². The fraction of sp³-hybridized carbons (Fsp3) is 0.636. The van der Waals surface area contributed by atoms with E-state index < -0.39 is 0 Å². The molecule has 88 valence electrons. The average Bonchev–Trinajstić information content (AvgIpc) is 2.64. The van der Waals surface area contributed by atoms with Crippen LogP contribution in [0, 0.1) is 0 Å². The number of aromatic nitrogens is 2. The molecule has 2 rings (SSSR count). The van der Waals surface area contributed by atoms with Crippen LogP contribution in [0.5, 0.6) is 0 Å². The molecule has 0 bridgehead atoms. The van der Waals surface area contributed by atoms with Gasteiger partial charge in [0, 0.05) is 25.4 Å². The monoisotopic (exact) mass is 238 g/mol. The van der Waals surface area contributed by atoms with Gasteiger partial charge < -0.3 is 5.73 Å². The molecule has 1 atom stereocenters. The summed E-state index contributed by atoms with van der Waals surface area (Å²) in [5, 5.41) is 4.18. The Hall–Kier alpha value is -0.940. The van der Waals surface area contributed by atoms with Gasteiger partial charge in [-0.1, -0.05) is 18.6 Å². The zero-order valence-electron chi connectivity index (χ0n) is 9.59. The normalized spacial score (nSPS) is 22.2. The van der Waals surface area contributed by atoms with Gasteiger partial charge >= 0.3 is 0 Å². The quantitative estimate of drug-likeness (QED) is 0.800. The zero-order valence-corrected chi connectivity index (χ0v) is 10.4. The minimum absolute atomic E-state index is 0.268. The smallest absolute Gasteiger partial charge is 0.0902 e. The molecule has 2 N–H and O–H groups in total. The summed E-state index contributed by atoms with van der Waals surface area (Å²) in [5.74, 6) is 0. The van der Waals surface area contributed by atoms with Gasteiger partial charge in [-0.25, -0.2) is 0 Å². The number of hydrogen-bond donors (Lipinski definition) is 1. The molecule has 1 fully saturated rings. The Labute approximate surface area is 101 Å². The Morgan fingerprint density at radius 1 is 1.62 bits per heavy atom. The minimum atomic E-state index is 0.268. The molecule has 5 heteroatoms. The maximum atomic E-state index is 5.79. The van der Waals surface area contributed by atoms with E-state index in [0.717, 1.165) is 19.5 Å². The SMILES string of the molecule is Cn1cc(CN2CCCCC2C(N)=S)cn1. The maximum absolute atomic E-state index is 5.79. The van der Waals surface area contributed by atoms with Gasteiger partial charge in [0.2, 0.25) is 0 Å². The highest BCUT2D eigenvalue weighted by molar-refractivity contribution is 7.80. The fourth-order valence-corrected chi connectivity index (χ4v) is 2.56. The lowest BCUT2D eigenvalue weighted by Crippen LogP contribution is -2.46. The third kappa shape index (κ3) is 2.59. The van der Waals surface area contributed by atoms with Crippen LogP contribution in [-0.4, -0.2) is 32.3 Å². The number of piperidine rings is 1. The number of aryl methyl sites for hydroxylation is 1. The first-order chi connectivity index (χ1) is 7.66. The summed E-state index contributed by atoms with van der Waals surface area (Å²) in [7, 11) is 1.94. The fourth-order valence-electron chi connectivity index (χ4n) is 2.29. The number of nitrogens with two attached hydrogens (primary N) is 1. The predicted octanol–water partition coefficient (Wildman–Crippen LogP) is 1.06. The number of hydrogen-bond acceptors (Lipinski definition) is 3. The summed E-state index contributed by atoms with van der Waals surface area (Å²) in [6, 6.07) is 0.268. The van der Waals surface area contributed by atoms with Crippen molar-refractivity contribution in [3.8, 4) is 0 Å². The van der Waals surface area contributed by atoms with Gasteiger partial charge in [0.15, 0.2) is 0 Å². The maximum Gasteiger partial charge on any atom is 0.0902 e. The van der Waals surface area contributed by atoms with E-state index in [4.69, 9.17) is 18.0 Å². The van der Waals surface area contributed by atoms with E-state index >= 15 is 0 Å². The third-order valence-electron chi connectivity index (χ3n) is 3.09. The molecule has 4 nitrogen and oxygen atoms in total. The molecule has 0 radical (unpaired) electrons. The van der Waals surface area contributed by atoms with Crippen LogP contribution in [0.1, 0.15) is 24.8 Å². The topological polar surface area (TPSA) is 47.1 Å². The molecule has 16 heavy (non-hydrogen) atoms. The first-order valence-corrected chi connectivity index (χ1v) is 6.08. The van der Waals surface area contributed by atoms with Crippen LogP contribution < -0.4 is 5.73 Å². The predicted molar refractivity (Wildman–Crippen MR) is 68.0 cm³/mol. The Kier molecular flexibility index (Phi) is 3.56. The van der Waals surface area contributed by atoms with Crippen LogP contribution in [0.15, 0.2) is 12.4 Å². The zero-order chi connectivity index (χ0) is 11.5. The lowest BCUT2D eigenvalue weighted by molar-refractivity contribution is 0.184. The second-order valence-electron chi connectivity index (χ2n) is 4.41. The molecule has 0 amide bonds. The summed E-state index contributed by atoms with van der Waals surface area (Å²) in [6.07, 6.45) is 7.51. The number of thiocarbonyl (C=S) groups is 1. The van der Waals surface area contributed by atoms with E-state index in [2.05, 4.69) is 10.00 Å². The molecule has 1 aromatic rings. The number of rotatable bonds is 3. The molecule has 1 aliphatic heterocycles. The average molecular weight is 238 g/mol. The van der Waals surface area contributed by atoms with E-state index in [9.17, 15) is 0 Å². The standard InChI is InChI=1S/C11H18N4S/c1-14-7-9(6-13-14)8-15-5-3-2-4-10(15)11(12)16/h6-7,10H,2-5,8H2,1H3,(H2,12,16). The van der Waals surface area contributed by atoms with Crippen molar-refractivity contribution in [1.29, 1.82) is 0 Å². The summed E-state index contributed by atoms with van der Waals surface area (Å²) in [5.41, 5.74) is 7.01. The second-order valence-corrected chi connectivity index (χ2v) is 4.88. The van der Waals surface area contributed by atoms with Crippen LogP contribution in [-0.2, 0) is 13.6 Å². The molecule has 1 aliphatic rings. The van der Waals surface area contributed by atoms with Crippen molar-refractivity contribution < 1.29 is 0 Å². The molecule has 2 heterocycles. The van der Waals surface area contributed by atoms with Crippen LogP contribution in [0.4, 0.5) is 0 Å². The molecule has 1 aromatic heterocycles. The van der Waals surface area contributed by atoms with Crippen molar-refractivity contribution >= 4 is 17.2 Å². The summed E-state index contributed by atoms with van der Waals surface area (Å²) in [4.78, 5) is 2.99. The Morgan fingerprint density at radius 2 is 2.44 bits per heavy atom. The van der Waals surface area contributed by atoms with Crippen LogP contribution >= 0.6 is 12.2 Å². The van der Waals surface area contributed by atoms with Crippen molar-refractivity contribution in [3.63, 3.8) is 0 Å². The van der Waals surface area contributed by atoms with Crippen LogP contribution in [0.2, 0.25) is 0 Å². The number of nitrogens with zero attached hydrogens (tertiary/aromatic N) is 3. The molecule has 1 saturated heterocycles. The highest BCUT2D eigenvalue weighted by Gasteiger charge is 2.24. The number of likely N-dealkylation sites (tertiary alicyclic amines) is 1. The van der Waals surface area contributed by atoms with Crippen molar-refractivity contribution in [2.24, 2.45) is 12.8 Å². The largest absolute Gasteiger partial charge is 0.392 e. The third-order valence-corrected chi connectivity index (χ3v) is 3.36. The Morgan fingerprint density at radius 3 is 3.06 bits per heavy atom. The molecular formula is C11H18N4S. The minimum Gasteiger partial charge on any atom is -0.392 e. The van der Waals surface area contributed by atoms with E-state index in [1.54, 1.807) is 0 Å². The van der Waals surface area contributed by atoms with Crippen molar-refractivity contribution in [1.82, 2.24) is 14.7 Å². The van der Waals surface area contributed by atoms with Gasteiger partial charge in [-0.05, 0) is 19.4 Å². The first-order valence-electron chi connectivity index (χ1n) is 5.67. The Bertz CT molecular complexity index is 374. The van der Waals surface area contributed by atoms with Gasteiger partial charge in [-0.2, -0.15) is 5.10 Å². The lowest BCUT2D eigenvalue weighted by Gasteiger charge is -2.34. The van der Waals surface area contributed by atoms with Gasteiger partial charge in [-0.3, -0.25) is 9.58 Å². The van der Waals surface area contributed by atoms with Crippen LogP contribution in [0.3, 0.4) is 0 Å². The molecule has 0 spiro atoms. The molecule has 0 aromatic carbocycles. The van der Waals surface area contributed by atoms with E-state index in [1.807, 2.05) is 24.1 Å². The van der Waals surface area contributed by atoms with Crippen molar-refractivity contribution in [2.45, 2.75) is 31.8 Å². The van der Waals surface area contributed by atoms with Gasteiger partial charge in [0.05, 0.1) is 17.2 Å². The molecular weight excluding hydrogens is 220 g/mol. The van der Waals surface area contributed by atoms with Crippen LogP contribution in [0.25, 0.3) is 0 Å². The lowest BCUT2D eigenvalue weighted by atomic mass is 10.0. The summed E-state index contributed by atoms with van der Waals surface area (Å²) in [6.45, 7) is 1.98. The Balaban J connectivity index is 2.03. The first kappa shape index (κ1) is 11.5. The highest BCUT2D eigenvalue weighted by Crippen LogP contribution is 2.19. The molecule has 0 saturated carbocycles. The van der Waals surface area contributed by atoms with E-state index in [-0.39, 0.29) is 6.04 Å². The van der Waals surface area contributed by atoms with E-state index in [1.165, 1.54) is 18.4 Å². The van der Waals surface area contributed by atoms with Gasteiger partial charge in [-0.15, -0.1) is 0 Å². The highest BCUT2D eigenvalue weighted by atomic mass is 32.1. The molecule has 1 unspecified atom stereocenters. The van der Waals surface area contributed by atoms with Gasteiger partial charge in [0.1, 0.15) is 0 Å². The van der Waals surface area contributed by atoms with Crippen molar-refractivity contribution in [3.05, 3.63) is 18.0 Å². The second kappa shape index (κ2) is 4.93. The summed E-state index contributed by atoms with van der Waals surface area (Å²) >= 11 is 5.13.